The van der Waals surface area contributed by atoms with Crippen LogP contribution in [0.15, 0.2) is 22.7 Å². The number of carbonyl (C=O) groups is 1. The normalized spacial score (nSPS) is 17.0. The Balaban J connectivity index is 2.07. The highest BCUT2D eigenvalue weighted by atomic mass is 79.9. The molecule has 21 heavy (non-hydrogen) atoms. The molecule has 116 valence electrons. The second-order valence-corrected chi connectivity index (χ2v) is 8.30. The number of hydrogen-bond acceptors (Lipinski definition) is 3. The monoisotopic (exact) mass is 394 g/mol. The summed E-state index contributed by atoms with van der Waals surface area (Å²) in [5.41, 5.74) is 0.437. The lowest BCUT2D eigenvalue weighted by molar-refractivity contribution is 0.0698. The lowest BCUT2D eigenvalue weighted by Crippen LogP contribution is -2.50. The van der Waals surface area contributed by atoms with E-state index in [0.29, 0.717) is 36.8 Å². The Hall–Kier alpha value is -0.630. The second-order valence-electron chi connectivity index (χ2n) is 4.72. The molecule has 1 fully saturated rings. The highest BCUT2D eigenvalue weighted by molar-refractivity contribution is 9.10. The Morgan fingerprint density at radius 2 is 1.90 bits per heavy atom. The largest absolute Gasteiger partial charge is 0.336 e. The molecule has 0 radical (unpaired) electrons. The average molecular weight is 396 g/mol. The number of benzene rings is 1. The van der Waals surface area contributed by atoms with Crippen molar-refractivity contribution >= 4 is 43.5 Å². The predicted molar refractivity (Wildman–Crippen MR) is 86.1 cm³/mol. The highest BCUT2D eigenvalue weighted by Crippen LogP contribution is 2.23. The third kappa shape index (κ3) is 3.77. The van der Waals surface area contributed by atoms with Gasteiger partial charge in [0, 0.05) is 30.7 Å². The van der Waals surface area contributed by atoms with Gasteiger partial charge in [0.2, 0.25) is 10.0 Å². The summed E-state index contributed by atoms with van der Waals surface area (Å²) in [6.07, 6.45) is 0. The van der Waals surface area contributed by atoms with Crippen LogP contribution >= 0.6 is 27.5 Å². The molecular formula is C13H16BrClN2O3S. The van der Waals surface area contributed by atoms with Gasteiger partial charge in [0.1, 0.15) is 0 Å². The van der Waals surface area contributed by atoms with Gasteiger partial charge < -0.3 is 4.90 Å². The number of amides is 1. The maximum atomic E-state index is 12.4. The molecule has 1 aromatic carbocycles. The van der Waals surface area contributed by atoms with Crippen molar-refractivity contribution in [3.05, 3.63) is 33.3 Å². The van der Waals surface area contributed by atoms with Gasteiger partial charge in [-0.15, -0.1) is 0 Å². The number of carbonyl (C=O) groups excluding carboxylic acids is 1. The lowest BCUT2D eigenvalue weighted by Gasteiger charge is -2.34. The molecular weight excluding hydrogens is 380 g/mol. The van der Waals surface area contributed by atoms with Crippen LogP contribution in [-0.4, -0.2) is 55.5 Å². The molecule has 1 aromatic rings. The van der Waals surface area contributed by atoms with E-state index in [9.17, 15) is 13.2 Å². The van der Waals surface area contributed by atoms with Crippen LogP contribution in [0, 0.1) is 0 Å². The van der Waals surface area contributed by atoms with Crippen molar-refractivity contribution in [3.63, 3.8) is 0 Å². The van der Waals surface area contributed by atoms with Crippen LogP contribution in [0.2, 0.25) is 5.02 Å². The summed E-state index contributed by atoms with van der Waals surface area (Å²) < 4.78 is 25.8. The Labute approximate surface area is 138 Å². The summed E-state index contributed by atoms with van der Waals surface area (Å²) >= 11 is 9.38. The van der Waals surface area contributed by atoms with Gasteiger partial charge in [-0.05, 0) is 25.1 Å². The van der Waals surface area contributed by atoms with Crippen LogP contribution in [0.3, 0.4) is 0 Å². The number of hydrogen-bond donors (Lipinski definition) is 0. The first-order chi connectivity index (χ1) is 9.85. The molecule has 0 bridgehead atoms. The summed E-state index contributed by atoms with van der Waals surface area (Å²) in [6.45, 7) is 3.04. The third-order valence-electron chi connectivity index (χ3n) is 3.45. The summed E-state index contributed by atoms with van der Waals surface area (Å²) in [5.74, 6) is -0.0829. The molecule has 8 heteroatoms. The molecule has 0 aromatic heterocycles. The maximum absolute atomic E-state index is 12.4. The first-order valence-corrected chi connectivity index (χ1v) is 9.35. The first kappa shape index (κ1) is 16.7. The summed E-state index contributed by atoms with van der Waals surface area (Å²) in [7, 11) is -3.19. The zero-order valence-corrected chi connectivity index (χ0v) is 14.7. The summed E-state index contributed by atoms with van der Waals surface area (Å²) in [5, 5.41) is 0.387. The van der Waals surface area contributed by atoms with Crippen molar-refractivity contribution in [2.24, 2.45) is 0 Å². The van der Waals surface area contributed by atoms with Gasteiger partial charge >= 0.3 is 0 Å². The van der Waals surface area contributed by atoms with Crippen LogP contribution in [0.5, 0.6) is 0 Å². The Bertz CT molecular complexity index is 643. The molecule has 0 spiro atoms. The van der Waals surface area contributed by atoms with Crippen molar-refractivity contribution in [3.8, 4) is 0 Å². The third-order valence-corrected chi connectivity index (χ3v) is 6.13. The predicted octanol–water partition coefficient (Wildman–Crippen LogP) is 2.21. The average Bonchev–Trinajstić information content (AvgIpc) is 2.47. The second kappa shape index (κ2) is 6.64. The molecule has 0 unspecified atom stereocenters. The minimum Gasteiger partial charge on any atom is -0.336 e. The molecule has 1 heterocycles. The van der Waals surface area contributed by atoms with E-state index in [0.717, 1.165) is 4.47 Å². The molecule has 0 aliphatic carbocycles. The molecule has 1 aliphatic heterocycles. The maximum Gasteiger partial charge on any atom is 0.255 e. The van der Waals surface area contributed by atoms with Gasteiger partial charge in [0.15, 0.2) is 0 Å². The van der Waals surface area contributed by atoms with Gasteiger partial charge in [-0.25, -0.2) is 8.42 Å². The van der Waals surface area contributed by atoms with Crippen LogP contribution in [0.25, 0.3) is 0 Å². The smallest absolute Gasteiger partial charge is 0.255 e. The van der Waals surface area contributed by atoms with E-state index in [-0.39, 0.29) is 11.7 Å². The minimum absolute atomic E-state index is 0.0828. The van der Waals surface area contributed by atoms with E-state index in [2.05, 4.69) is 15.9 Å². The SMILES string of the molecule is CCS(=O)(=O)N1CCN(C(=O)c2ccc(Br)cc2Cl)CC1. The van der Waals surface area contributed by atoms with E-state index < -0.39 is 10.0 Å². The van der Waals surface area contributed by atoms with E-state index in [1.54, 1.807) is 30.0 Å². The molecule has 5 nitrogen and oxygen atoms in total. The fourth-order valence-corrected chi connectivity index (χ4v) is 4.02. The fraction of sp³-hybridized carbons (Fsp3) is 0.462. The van der Waals surface area contributed by atoms with Gasteiger partial charge in [0.05, 0.1) is 16.3 Å². The van der Waals surface area contributed by atoms with Crippen molar-refractivity contribution in [1.29, 1.82) is 0 Å². The quantitative estimate of drug-likeness (QED) is 0.788. The van der Waals surface area contributed by atoms with E-state index in [1.165, 1.54) is 4.31 Å². The van der Waals surface area contributed by atoms with E-state index in [1.807, 2.05) is 0 Å². The molecule has 1 aliphatic rings. The van der Waals surface area contributed by atoms with Crippen molar-refractivity contribution in [2.75, 3.05) is 31.9 Å². The number of rotatable bonds is 3. The van der Waals surface area contributed by atoms with Crippen molar-refractivity contribution in [2.45, 2.75) is 6.92 Å². The van der Waals surface area contributed by atoms with E-state index in [4.69, 9.17) is 11.6 Å². The van der Waals surface area contributed by atoms with Crippen LogP contribution in [0.1, 0.15) is 17.3 Å². The standard InChI is InChI=1S/C13H16BrClN2O3S/c1-2-21(19,20)17-7-5-16(6-8-17)13(18)11-4-3-10(14)9-12(11)15/h3-4,9H,2,5-8H2,1H3. The van der Waals surface area contributed by atoms with E-state index >= 15 is 0 Å². The fourth-order valence-electron chi connectivity index (χ4n) is 2.19. The van der Waals surface area contributed by atoms with Gasteiger partial charge in [-0.1, -0.05) is 27.5 Å². The summed E-state index contributed by atoms with van der Waals surface area (Å²) in [4.78, 5) is 14.1. The highest BCUT2D eigenvalue weighted by Gasteiger charge is 2.28. The first-order valence-electron chi connectivity index (χ1n) is 6.57. The zero-order chi connectivity index (χ0) is 15.6. The molecule has 0 N–H and O–H groups in total. The molecule has 1 amide bonds. The van der Waals surface area contributed by atoms with Gasteiger partial charge in [-0.2, -0.15) is 4.31 Å². The van der Waals surface area contributed by atoms with Crippen LogP contribution in [0.4, 0.5) is 0 Å². The Morgan fingerprint density at radius 3 is 2.43 bits per heavy atom. The van der Waals surface area contributed by atoms with Crippen molar-refractivity contribution < 1.29 is 13.2 Å². The number of sulfonamides is 1. The van der Waals surface area contributed by atoms with Crippen LogP contribution < -0.4 is 0 Å². The molecule has 1 saturated heterocycles. The number of piperazine rings is 1. The lowest BCUT2D eigenvalue weighted by atomic mass is 10.2. The molecule has 0 atom stereocenters. The van der Waals surface area contributed by atoms with Crippen molar-refractivity contribution in [1.82, 2.24) is 9.21 Å². The Morgan fingerprint density at radius 1 is 1.29 bits per heavy atom. The number of nitrogens with zero attached hydrogens (tertiary/aromatic N) is 2. The topological polar surface area (TPSA) is 57.7 Å². The zero-order valence-electron chi connectivity index (χ0n) is 11.6. The summed E-state index contributed by atoms with van der Waals surface area (Å²) in [6, 6.07) is 5.10. The molecule has 0 saturated carbocycles. The molecule has 2 rings (SSSR count). The Kier molecular flexibility index (Phi) is 5.29. The number of halogens is 2. The minimum atomic E-state index is -3.19. The van der Waals surface area contributed by atoms with Gasteiger partial charge in [0.25, 0.3) is 5.91 Å². The van der Waals surface area contributed by atoms with Crippen LogP contribution in [-0.2, 0) is 10.0 Å². The van der Waals surface area contributed by atoms with Gasteiger partial charge in [-0.3, -0.25) is 4.79 Å².